The van der Waals surface area contributed by atoms with Crippen LogP contribution in [0.4, 0.5) is 0 Å². The van der Waals surface area contributed by atoms with Crippen LogP contribution in [-0.4, -0.2) is 37.5 Å². The van der Waals surface area contributed by atoms with Gasteiger partial charge in [-0.05, 0) is 13.0 Å². The zero-order valence-corrected chi connectivity index (χ0v) is 13.6. The molecular weight excluding hydrogens is 300 g/mol. The predicted octanol–water partition coefficient (Wildman–Crippen LogP) is 1.72. The Balaban J connectivity index is 2.58. The highest BCUT2D eigenvalue weighted by Crippen LogP contribution is 2.36. The second-order valence-electron chi connectivity index (χ2n) is 5.06. The van der Waals surface area contributed by atoms with Crippen molar-refractivity contribution in [1.29, 1.82) is 0 Å². The number of carbonyl (C=O) groups is 1. The lowest BCUT2D eigenvalue weighted by molar-refractivity contribution is -0.140. The van der Waals surface area contributed by atoms with Crippen LogP contribution in [0.1, 0.15) is 29.2 Å². The number of methoxy groups -OCH3 is 3. The van der Waals surface area contributed by atoms with Crippen molar-refractivity contribution in [3.8, 4) is 11.5 Å². The van der Waals surface area contributed by atoms with Gasteiger partial charge in [-0.25, -0.2) is 0 Å². The van der Waals surface area contributed by atoms with Crippen molar-refractivity contribution in [3.05, 3.63) is 45.4 Å². The minimum atomic E-state index is -0.488. The van der Waals surface area contributed by atoms with Crippen LogP contribution in [0.5, 0.6) is 11.5 Å². The highest BCUT2D eigenvalue weighted by molar-refractivity contribution is 5.71. The van der Waals surface area contributed by atoms with Crippen LogP contribution in [0.2, 0.25) is 0 Å². The Bertz CT molecular complexity index is 747. The molecule has 0 saturated heterocycles. The summed E-state index contributed by atoms with van der Waals surface area (Å²) in [4.78, 5) is 24.0. The minimum Gasteiger partial charge on any atom is -0.497 e. The van der Waals surface area contributed by atoms with Crippen molar-refractivity contribution in [3.63, 3.8) is 0 Å². The first kappa shape index (κ1) is 16.7. The van der Waals surface area contributed by atoms with E-state index in [1.165, 1.54) is 14.2 Å². The van der Waals surface area contributed by atoms with Gasteiger partial charge in [0.25, 0.3) is 5.56 Å². The van der Waals surface area contributed by atoms with E-state index in [0.717, 1.165) is 0 Å². The van der Waals surface area contributed by atoms with Crippen molar-refractivity contribution in [2.75, 3.05) is 21.3 Å². The van der Waals surface area contributed by atoms with Gasteiger partial charge >= 0.3 is 5.97 Å². The molecule has 1 atom stereocenters. The number of carbonyl (C=O) groups excluding carboxylic acids is 1. The van der Waals surface area contributed by atoms with E-state index in [1.807, 2.05) is 0 Å². The molecule has 0 saturated carbocycles. The largest absolute Gasteiger partial charge is 0.497 e. The average molecular weight is 320 g/mol. The van der Waals surface area contributed by atoms with E-state index >= 15 is 0 Å². The maximum Gasteiger partial charge on any atom is 0.306 e. The fourth-order valence-electron chi connectivity index (χ4n) is 2.60. The molecule has 2 rings (SSSR count). The first-order valence-corrected chi connectivity index (χ1v) is 7.07. The van der Waals surface area contributed by atoms with Crippen LogP contribution < -0.4 is 15.0 Å². The molecule has 0 aliphatic carbocycles. The Morgan fingerprint density at radius 3 is 2.43 bits per heavy atom. The molecule has 0 aliphatic heterocycles. The van der Waals surface area contributed by atoms with E-state index in [1.54, 1.807) is 32.2 Å². The third-order valence-electron chi connectivity index (χ3n) is 3.78. The summed E-state index contributed by atoms with van der Waals surface area (Å²) in [7, 11) is 4.40. The van der Waals surface area contributed by atoms with Gasteiger partial charge in [0.05, 0.1) is 27.8 Å². The molecule has 0 unspecified atom stereocenters. The van der Waals surface area contributed by atoms with Crippen LogP contribution in [0.15, 0.2) is 23.0 Å². The number of H-pyrrole nitrogens is 2. The van der Waals surface area contributed by atoms with Crippen molar-refractivity contribution < 1.29 is 19.0 Å². The molecule has 1 aromatic heterocycles. The molecule has 0 bridgehead atoms. The molecule has 0 aliphatic rings. The van der Waals surface area contributed by atoms with E-state index in [2.05, 4.69) is 10.2 Å². The molecule has 0 radical (unpaired) electrons. The number of hydrogen-bond acceptors (Lipinski definition) is 5. The molecule has 7 heteroatoms. The topological polar surface area (TPSA) is 93.4 Å². The smallest absolute Gasteiger partial charge is 0.306 e. The summed E-state index contributed by atoms with van der Waals surface area (Å²) in [6, 6.07) is 5.27. The van der Waals surface area contributed by atoms with Gasteiger partial charge in [0.15, 0.2) is 0 Å². The summed E-state index contributed by atoms with van der Waals surface area (Å²) in [5.41, 5.74) is 1.60. The van der Waals surface area contributed by atoms with Crippen LogP contribution in [0.3, 0.4) is 0 Å². The van der Waals surface area contributed by atoms with Gasteiger partial charge in [-0.2, -0.15) is 0 Å². The zero-order valence-electron chi connectivity index (χ0n) is 13.6. The van der Waals surface area contributed by atoms with Crippen LogP contribution in [0.25, 0.3) is 0 Å². The van der Waals surface area contributed by atoms with E-state index in [0.29, 0.717) is 28.3 Å². The summed E-state index contributed by atoms with van der Waals surface area (Å²) >= 11 is 0. The maximum atomic E-state index is 12.1. The average Bonchev–Trinajstić information content (AvgIpc) is 2.90. The first-order valence-electron chi connectivity index (χ1n) is 7.07. The molecular formula is C16H20N2O5. The Morgan fingerprint density at radius 1 is 1.17 bits per heavy atom. The van der Waals surface area contributed by atoms with E-state index in [-0.39, 0.29) is 12.0 Å². The Hall–Kier alpha value is -2.70. The number of aromatic amines is 2. The van der Waals surface area contributed by atoms with Gasteiger partial charge in [-0.3, -0.25) is 14.7 Å². The fourth-order valence-corrected chi connectivity index (χ4v) is 2.60. The lowest BCUT2D eigenvalue weighted by Crippen LogP contribution is -2.18. The number of benzene rings is 1. The van der Waals surface area contributed by atoms with E-state index in [4.69, 9.17) is 14.2 Å². The lowest BCUT2D eigenvalue weighted by atomic mass is 9.88. The number of hydrogen-bond donors (Lipinski definition) is 2. The van der Waals surface area contributed by atoms with Crippen LogP contribution in [0, 0.1) is 6.92 Å². The Kier molecular flexibility index (Phi) is 5.10. The molecule has 0 amide bonds. The number of ether oxygens (including phenoxy) is 3. The van der Waals surface area contributed by atoms with E-state index < -0.39 is 11.9 Å². The van der Waals surface area contributed by atoms with Gasteiger partial charge in [0.1, 0.15) is 11.5 Å². The van der Waals surface area contributed by atoms with Crippen molar-refractivity contribution >= 4 is 5.97 Å². The van der Waals surface area contributed by atoms with Gasteiger partial charge in [0, 0.05) is 28.8 Å². The predicted molar refractivity (Wildman–Crippen MR) is 84.2 cm³/mol. The summed E-state index contributed by atoms with van der Waals surface area (Å²) in [6.45, 7) is 1.77. The highest BCUT2D eigenvalue weighted by atomic mass is 16.5. The molecule has 124 valence electrons. The fraction of sp³-hybridized carbons (Fsp3) is 0.375. The molecule has 7 nitrogen and oxygen atoms in total. The van der Waals surface area contributed by atoms with Gasteiger partial charge in [-0.15, -0.1) is 0 Å². The number of nitrogens with one attached hydrogen (secondary N) is 2. The number of esters is 1. The third-order valence-corrected chi connectivity index (χ3v) is 3.78. The number of aryl methyl sites for hydroxylation is 1. The minimum absolute atomic E-state index is 0.0287. The molecule has 23 heavy (non-hydrogen) atoms. The van der Waals surface area contributed by atoms with Gasteiger partial charge in [0.2, 0.25) is 0 Å². The molecule has 1 aromatic carbocycles. The Labute approximate surface area is 133 Å². The van der Waals surface area contributed by atoms with Gasteiger partial charge in [-0.1, -0.05) is 6.07 Å². The molecule has 1 heterocycles. The number of aromatic nitrogens is 2. The summed E-state index contributed by atoms with van der Waals surface area (Å²) in [5.74, 6) is 0.270. The van der Waals surface area contributed by atoms with Crippen molar-refractivity contribution in [2.24, 2.45) is 0 Å². The second-order valence-corrected chi connectivity index (χ2v) is 5.06. The second kappa shape index (κ2) is 7.04. The molecule has 2 aromatic rings. The molecule has 0 fully saturated rings. The van der Waals surface area contributed by atoms with Crippen molar-refractivity contribution in [1.82, 2.24) is 10.2 Å². The summed E-state index contributed by atoms with van der Waals surface area (Å²) in [5, 5.41) is 5.32. The van der Waals surface area contributed by atoms with Gasteiger partial charge < -0.3 is 19.3 Å². The summed E-state index contributed by atoms with van der Waals surface area (Å²) in [6.07, 6.45) is 0.0287. The molecule has 2 N–H and O–H groups in total. The third kappa shape index (κ3) is 3.39. The maximum absolute atomic E-state index is 12.1. The lowest BCUT2D eigenvalue weighted by Gasteiger charge is -2.19. The number of rotatable bonds is 6. The van der Waals surface area contributed by atoms with E-state index in [9.17, 15) is 9.59 Å². The zero-order chi connectivity index (χ0) is 17.0. The van der Waals surface area contributed by atoms with Crippen LogP contribution in [-0.2, 0) is 9.53 Å². The monoisotopic (exact) mass is 320 g/mol. The summed E-state index contributed by atoms with van der Waals surface area (Å²) < 4.78 is 15.4. The highest BCUT2D eigenvalue weighted by Gasteiger charge is 2.27. The van der Waals surface area contributed by atoms with Crippen LogP contribution >= 0.6 is 0 Å². The normalized spacial score (nSPS) is 11.8. The van der Waals surface area contributed by atoms with Crippen molar-refractivity contribution in [2.45, 2.75) is 19.3 Å². The quantitative estimate of drug-likeness (QED) is 0.791. The first-order chi connectivity index (χ1) is 11.0. The SMILES string of the molecule is COC(=O)C[C@H](c1ccc(OC)cc1OC)c1c(C)[nH][nH]c1=O. The standard InChI is InChI=1S/C16H20N2O5/c1-9-15(16(20)18-17-9)12(8-14(19)23-4)11-6-5-10(21-2)7-13(11)22-3/h5-7,12H,8H2,1-4H3,(H2,17,18,20)/t12-/m1/s1. The Morgan fingerprint density at radius 2 is 1.91 bits per heavy atom. The molecule has 0 spiro atoms.